The van der Waals surface area contributed by atoms with E-state index in [-0.39, 0.29) is 22.2 Å². The molecule has 0 aliphatic rings. The molecule has 0 atom stereocenters. The topological polar surface area (TPSA) is 81.4 Å². The quantitative estimate of drug-likeness (QED) is 0.744. The van der Waals surface area contributed by atoms with Gasteiger partial charge in [-0.15, -0.1) is 10.2 Å². The zero-order valence-electron chi connectivity index (χ0n) is 11.9. The number of nitrogens with one attached hydrogen (secondary N) is 1. The average Bonchev–Trinajstić information content (AvgIpc) is 3.10. The van der Waals surface area contributed by atoms with Crippen molar-refractivity contribution in [3.05, 3.63) is 39.1 Å². The summed E-state index contributed by atoms with van der Waals surface area (Å²) in [5, 5.41) is 16.2. The van der Waals surface area contributed by atoms with Crippen LogP contribution in [-0.2, 0) is 6.42 Å². The molecule has 0 saturated carbocycles. The number of fused-ring (bicyclic) bond motifs is 1. The van der Waals surface area contributed by atoms with E-state index < -0.39 is 0 Å². The molecule has 23 heavy (non-hydrogen) atoms. The highest BCUT2D eigenvalue weighted by molar-refractivity contribution is 7.16. The first-order valence-electron chi connectivity index (χ1n) is 6.56. The maximum atomic E-state index is 12.3. The lowest BCUT2D eigenvalue weighted by atomic mass is 10.2. The van der Waals surface area contributed by atoms with Crippen molar-refractivity contribution < 1.29 is 9.53 Å². The third-order valence-electron chi connectivity index (χ3n) is 3.04. The summed E-state index contributed by atoms with van der Waals surface area (Å²) in [5.41, 5.74) is 0.222. The van der Waals surface area contributed by atoms with E-state index in [1.165, 1.54) is 24.8 Å². The molecule has 1 amide bonds. The number of hydrogen-bond donors (Lipinski definition) is 1. The number of halogens is 2. The predicted octanol–water partition coefficient (Wildman–Crippen LogP) is 2.47. The van der Waals surface area contributed by atoms with E-state index in [1.54, 1.807) is 16.6 Å². The number of aromatic nitrogens is 4. The van der Waals surface area contributed by atoms with E-state index in [0.717, 1.165) is 5.01 Å². The van der Waals surface area contributed by atoms with E-state index in [2.05, 4.69) is 20.6 Å². The average molecular weight is 372 g/mol. The Morgan fingerprint density at radius 1 is 1.39 bits per heavy atom. The number of benzene rings is 1. The van der Waals surface area contributed by atoms with Gasteiger partial charge in [0.15, 0.2) is 5.75 Å². The fourth-order valence-corrected chi connectivity index (χ4v) is 3.30. The molecule has 3 rings (SSSR count). The largest absolute Gasteiger partial charge is 0.494 e. The Hall–Kier alpha value is -1.90. The Bertz CT molecular complexity index is 835. The first kappa shape index (κ1) is 16.0. The van der Waals surface area contributed by atoms with Gasteiger partial charge >= 0.3 is 0 Å². The summed E-state index contributed by atoms with van der Waals surface area (Å²) in [7, 11) is 1.44. The predicted molar refractivity (Wildman–Crippen MR) is 87.7 cm³/mol. The van der Waals surface area contributed by atoms with Gasteiger partial charge in [0.1, 0.15) is 16.9 Å². The van der Waals surface area contributed by atoms with Crippen molar-refractivity contribution in [1.29, 1.82) is 0 Å². The monoisotopic (exact) mass is 371 g/mol. The van der Waals surface area contributed by atoms with Crippen LogP contribution < -0.4 is 10.1 Å². The van der Waals surface area contributed by atoms with Gasteiger partial charge in [-0.3, -0.25) is 4.79 Å². The lowest BCUT2D eigenvalue weighted by Crippen LogP contribution is -2.26. The number of rotatable bonds is 5. The smallest absolute Gasteiger partial charge is 0.256 e. The van der Waals surface area contributed by atoms with Gasteiger partial charge in [0.2, 0.25) is 4.96 Å². The molecular weight excluding hydrogens is 361 g/mol. The molecular formula is C13H11Cl2N5O2S. The number of carbonyl (C=O) groups is 1. The fourth-order valence-electron chi connectivity index (χ4n) is 2.02. The first-order chi connectivity index (χ1) is 11.1. The standard InChI is InChI=1S/C13H11Cl2N5O2S/c1-22-11-8(15)3-2-7(14)10(11)12(21)16-5-4-9-19-20-6-17-18-13(20)23-9/h2-3,6H,4-5H2,1H3,(H,16,21). The van der Waals surface area contributed by atoms with Gasteiger partial charge in [0.05, 0.1) is 17.2 Å². The highest BCUT2D eigenvalue weighted by Gasteiger charge is 2.19. The molecule has 0 bridgehead atoms. The van der Waals surface area contributed by atoms with Gasteiger partial charge in [-0.05, 0) is 12.1 Å². The second-order valence-corrected chi connectivity index (χ2v) is 6.35. The number of nitrogens with zero attached hydrogens (tertiary/aromatic N) is 4. The van der Waals surface area contributed by atoms with E-state index in [4.69, 9.17) is 27.9 Å². The van der Waals surface area contributed by atoms with E-state index in [9.17, 15) is 4.79 Å². The zero-order chi connectivity index (χ0) is 16.4. The maximum absolute atomic E-state index is 12.3. The SMILES string of the molecule is COc1c(Cl)ccc(Cl)c1C(=O)NCCc1nn2cnnc2s1. The minimum Gasteiger partial charge on any atom is -0.494 e. The summed E-state index contributed by atoms with van der Waals surface area (Å²) < 4.78 is 6.76. The number of methoxy groups -OCH3 is 1. The molecule has 0 saturated heterocycles. The van der Waals surface area contributed by atoms with E-state index in [1.807, 2.05) is 0 Å². The molecule has 3 aromatic rings. The first-order valence-corrected chi connectivity index (χ1v) is 8.13. The number of hydrogen-bond acceptors (Lipinski definition) is 6. The van der Waals surface area contributed by atoms with Gasteiger partial charge in [0.25, 0.3) is 5.91 Å². The van der Waals surface area contributed by atoms with Crippen molar-refractivity contribution in [3.8, 4) is 5.75 Å². The zero-order valence-corrected chi connectivity index (χ0v) is 14.2. The van der Waals surface area contributed by atoms with Crippen LogP contribution in [0.5, 0.6) is 5.75 Å². The Morgan fingerprint density at radius 2 is 2.17 bits per heavy atom. The van der Waals surface area contributed by atoms with Gasteiger partial charge in [-0.2, -0.15) is 9.61 Å². The second kappa shape index (κ2) is 6.69. The van der Waals surface area contributed by atoms with Crippen LogP contribution in [-0.4, -0.2) is 39.4 Å². The van der Waals surface area contributed by atoms with Crippen molar-refractivity contribution in [3.63, 3.8) is 0 Å². The molecule has 0 aliphatic carbocycles. The molecule has 0 unspecified atom stereocenters. The van der Waals surface area contributed by atoms with E-state index in [0.29, 0.717) is 22.9 Å². The number of amides is 1. The summed E-state index contributed by atoms with van der Waals surface area (Å²) in [4.78, 5) is 13.0. The Kier molecular flexibility index (Phi) is 4.65. The molecule has 0 fully saturated rings. The lowest BCUT2D eigenvalue weighted by molar-refractivity contribution is 0.0951. The van der Waals surface area contributed by atoms with Crippen molar-refractivity contribution in [2.75, 3.05) is 13.7 Å². The Balaban J connectivity index is 1.68. The van der Waals surface area contributed by atoms with Crippen LogP contribution in [0.4, 0.5) is 0 Å². The van der Waals surface area contributed by atoms with Crippen LogP contribution in [0.1, 0.15) is 15.4 Å². The molecule has 2 heterocycles. The summed E-state index contributed by atoms with van der Waals surface area (Å²) in [6, 6.07) is 3.14. The van der Waals surface area contributed by atoms with Crippen LogP contribution in [0.3, 0.4) is 0 Å². The third kappa shape index (κ3) is 3.24. The van der Waals surface area contributed by atoms with Crippen LogP contribution in [0.15, 0.2) is 18.5 Å². The molecule has 0 aliphatic heterocycles. The summed E-state index contributed by atoms with van der Waals surface area (Å²) >= 11 is 13.5. The fraction of sp³-hybridized carbons (Fsp3) is 0.231. The van der Waals surface area contributed by atoms with Crippen LogP contribution in [0.2, 0.25) is 10.0 Å². The normalized spacial score (nSPS) is 10.9. The van der Waals surface area contributed by atoms with Crippen molar-refractivity contribution >= 4 is 45.4 Å². The van der Waals surface area contributed by atoms with Crippen LogP contribution >= 0.6 is 34.5 Å². The van der Waals surface area contributed by atoms with Gasteiger partial charge in [-0.1, -0.05) is 34.5 Å². The molecule has 7 nitrogen and oxygen atoms in total. The molecule has 2 aromatic heterocycles. The number of carbonyl (C=O) groups excluding carboxylic acids is 1. The number of ether oxygens (including phenoxy) is 1. The van der Waals surface area contributed by atoms with Crippen LogP contribution in [0, 0.1) is 0 Å². The Labute approximate surface area is 145 Å². The van der Waals surface area contributed by atoms with E-state index >= 15 is 0 Å². The highest BCUT2D eigenvalue weighted by atomic mass is 35.5. The van der Waals surface area contributed by atoms with Crippen molar-refractivity contribution in [2.24, 2.45) is 0 Å². The van der Waals surface area contributed by atoms with Crippen LogP contribution in [0.25, 0.3) is 4.96 Å². The molecule has 1 aromatic carbocycles. The van der Waals surface area contributed by atoms with Gasteiger partial charge in [0, 0.05) is 13.0 Å². The molecule has 120 valence electrons. The molecule has 10 heteroatoms. The third-order valence-corrected chi connectivity index (χ3v) is 4.63. The minimum absolute atomic E-state index is 0.222. The summed E-state index contributed by atoms with van der Waals surface area (Å²) in [6.07, 6.45) is 2.10. The highest BCUT2D eigenvalue weighted by Crippen LogP contribution is 2.33. The molecule has 0 radical (unpaired) electrons. The molecule has 0 spiro atoms. The van der Waals surface area contributed by atoms with Gasteiger partial charge < -0.3 is 10.1 Å². The summed E-state index contributed by atoms with van der Waals surface area (Å²) in [5.74, 6) is -0.0900. The summed E-state index contributed by atoms with van der Waals surface area (Å²) in [6.45, 7) is 0.398. The van der Waals surface area contributed by atoms with Crippen molar-refractivity contribution in [2.45, 2.75) is 6.42 Å². The second-order valence-electron chi connectivity index (χ2n) is 4.50. The lowest BCUT2D eigenvalue weighted by Gasteiger charge is -2.12. The van der Waals surface area contributed by atoms with Crippen molar-refractivity contribution in [1.82, 2.24) is 25.1 Å². The maximum Gasteiger partial charge on any atom is 0.256 e. The van der Waals surface area contributed by atoms with Gasteiger partial charge in [-0.25, -0.2) is 0 Å². The Morgan fingerprint density at radius 3 is 2.91 bits per heavy atom. The minimum atomic E-state index is -0.350. The molecule has 1 N–H and O–H groups in total.